The Balaban J connectivity index is 1.84. The van der Waals surface area contributed by atoms with Crippen molar-refractivity contribution in [3.63, 3.8) is 0 Å². The first-order valence-corrected chi connectivity index (χ1v) is 7.29. The maximum absolute atomic E-state index is 12.3. The van der Waals surface area contributed by atoms with Crippen LogP contribution in [0.5, 0.6) is 0 Å². The second-order valence-electron chi connectivity index (χ2n) is 6.45. The van der Waals surface area contributed by atoms with Gasteiger partial charge in [0.15, 0.2) is 0 Å². The Morgan fingerprint density at radius 1 is 1.10 bits per heavy atom. The molecule has 6 nitrogen and oxygen atoms in total. The van der Waals surface area contributed by atoms with Gasteiger partial charge in [-0.3, -0.25) is 9.59 Å². The van der Waals surface area contributed by atoms with E-state index in [0.29, 0.717) is 39.4 Å². The predicted octanol–water partition coefficient (Wildman–Crippen LogP) is -0.308. The molecule has 0 aliphatic carbocycles. The van der Waals surface area contributed by atoms with E-state index in [-0.39, 0.29) is 23.3 Å². The SMILES string of the molecule is CC(C)(C)C(=O)N1CCN(C(=O)C2COCCN2)CC1. The van der Waals surface area contributed by atoms with Gasteiger partial charge in [-0.1, -0.05) is 20.8 Å². The van der Waals surface area contributed by atoms with Gasteiger partial charge in [-0.05, 0) is 0 Å². The summed E-state index contributed by atoms with van der Waals surface area (Å²) in [5, 5.41) is 3.18. The topological polar surface area (TPSA) is 61.9 Å². The van der Waals surface area contributed by atoms with Crippen molar-refractivity contribution in [1.82, 2.24) is 15.1 Å². The van der Waals surface area contributed by atoms with E-state index >= 15 is 0 Å². The molecule has 0 aromatic heterocycles. The second-order valence-corrected chi connectivity index (χ2v) is 6.45. The van der Waals surface area contributed by atoms with E-state index in [1.165, 1.54) is 0 Å². The number of rotatable bonds is 1. The van der Waals surface area contributed by atoms with Crippen LogP contribution in [-0.4, -0.2) is 73.6 Å². The van der Waals surface area contributed by atoms with Gasteiger partial charge in [0.1, 0.15) is 6.04 Å². The molecule has 2 aliphatic heterocycles. The summed E-state index contributed by atoms with van der Waals surface area (Å²) in [5.74, 6) is 0.247. The predicted molar refractivity (Wildman–Crippen MR) is 75.2 cm³/mol. The average molecular weight is 283 g/mol. The van der Waals surface area contributed by atoms with E-state index in [1.54, 1.807) is 0 Å². The van der Waals surface area contributed by atoms with Gasteiger partial charge in [0.25, 0.3) is 0 Å². The van der Waals surface area contributed by atoms with Gasteiger partial charge >= 0.3 is 0 Å². The molecule has 2 fully saturated rings. The highest BCUT2D eigenvalue weighted by Gasteiger charge is 2.33. The number of amides is 2. The Morgan fingerprint density at radius 3 is 2.20 bits per heavy atom. The zero-order valence-corrected chi connectivity index (χ0v) is 12.6. The third-order valence-corrected chi connectivity index (χ3v) is 3.74. The normalized spacial score (nSPS) is 24.6. The highest BCUT2D eigenvalue weighted by molar-refractivity contribution is 5.84. The van der Waals surface area contributed by atoms with Crippen molar-refractivity contribution < 1.29 is 14.3 Å². The standard InChI is InChI=1S/C14H25N3O3/c1-14(2,3)13(19)17-7-5-16(6-8-17)12(18)11-10-20-9-4-15-11/h11,15H,4-10H2,1-3H3. The lowest BCUT2D eigenvalue weighted by atomic mass is 9.94. The molecule has 114 valence electrons. The van der Waals surface area contributed by atoms with E-state index in [1.807, 2.05) is 30.6 Å². The van der Waals surface area contributed by atoms with Crippen molar-refractivity contribution in [2.24, 2.45) is 5.41 Å². The number of ether oxygens (including phenoxy) is 1. The summed E-state index contributed by atoms with van der Waals surface area (Å²) in [6.45, 7) is 10.1. The van der Waals surface area contributed by atoms with Crippen LogP contribution in [0.4, 0.5) is 0 Å². The van der Waals surface area contributed by atoms with Gasteiger partial charge in [0.2, 0.25) is 11.8 Å². The summed E-state index contributed by atoms with van der Waals surface area (Å²) in [4.78, 5) is 28.2. The molecule has 2 saturated heterocycles. The molecule has 2 amide bonds. The van der Waals surface area contributed by atoms with E-state index < -0.39 is 0 Å². The fraction of sp³-hybridized carbons (Fsp3) is 0.857. The molecule has 1 atom stereocenters. The number of nitrogens with zero attached hydrogens (tertiary/aromatic N) is 2. The number of morpholine rings is 1. The first-order chi connectivity index (χ1) is 9.39. The van der Waals surface area contributed by atoms with Gasteiger partial charge < -0.3 is 19.9 Å². The smallest absolute Gasteiger partial charge is 0.242 e. The minimum absolute atomic E-state index is 0.0903. The molecule has 0 saturated carbocycles. The lowest BCUT2D eigenvalue weighted by molar-refractivity contribution is -0.146. The molecule has 0 radical (unpaired) electrons. The molecule has 20 heavy (non-hydrogen) atoms. The highest BCUT2D eigenvalue weighted by atomic mass is 16.5. The first-order valence-electron chi connectivity index (χ1n) is 7.29. The van der Waals surface area contributed by atoms with Crippen LogP contribution in [0.15, 0.2) is 0 Å². The van der Waals surface area contributed by atoms with Crippen molar-refractivity contribution in [2.75, 3.05) is 45.9 Å². The first kappa shape index (κ1) is 15.3. The van der Waals surface area contributed by atoms with Crippen molar-refractivity contribution in [2.45, 2.75) is 26.8 Å². The minimum atomic E-state index is -0.356. The van der Waals surface area contributed by atoms with Crippen molar-refractivity contribution in [1.29, 1.82) is 0 Å². The number of nitrogens with one attached hydrogen (secondary N) is 1. The Kier molecular flexibility index (Phi) is 4.65. The zero-order valence-electron chi connectivity index (χ0n) is 12.6. The summed E-state index contributed by atoms with van der Waals surface area (Å²) in [7, 11) is 0. The van der Waals surface area contributed by atoms with Crippen LogP contribution in [0.25, 0.3) is 0 Å². The number of hydrogen-bond donors (Lipinski definition) is 1. The van der Waals surface area contributed by atoms with Gasteiger partial charge in [-0.15, -0.1) is 0 Å². The van der Waals surface area contributed by atoms with Crippen molar-refractivity contribution in [3.8, 4) is 0 Å². The molecule has 0 aromatic carbocycles. The molecule has 6 heteroatoms. The van der Waals surface area contributed by atoms with Crippen LogP contribution in [0.3, 0.4) is 0 Å². The summed E-state index contributed by atoms with van der Waals surface area (Å²) >= 11 is 0. The molecular formula is C14H25N3O3. The lowest BCUT2D eigenvalue weighted by Gasteiger charge is -2.39. The monoisotopic (exact) mass is 283 g/mol. The quantitative estimate of drug-likeness (QED) is 0.717. The second kappa shape index (κ2) is 6.10. The number of carbonyl (C=O) groups excluding carboxylic acids is 2. The Hall–Kier alpha value is -1.14. The maximum Gasteiger partial charge on any atom is 0.242 e. The van der Waals surface area contributed by atoms with E-state index in [9.17, 15) is 9.59 Å². The molecule has 0 spiro atoms. The van der Waals surface area contributed by atoms with Gasteiger partial charge in [0.05, 0.1) is 13.2 Å². The molecular weight excluding hydrogens is 258 g/mol. The summed E-state index contributed by atoms with van der Waals surface area (Å²) in [5.41, 5.74) is -0.356. The van der Waals surface area contributed by atoms with Crippen LogP contribution in [0.2, 0.25) is 0 Å². The van der Waals surface area contributed by atoms with Crippen LogP contribution in [-0.2, 0) is 14.3 Å². The van der Waals surface area contributed by atoms with Crippen LogP contribution >= 0.6 is 0 Å². The lowest BCUT2D eigenvalue weighted by Crippen LogP contribution is -2.58. The van der Waals surface area contributed by atoms with Crippen LogP contribution in [0, 0.1) is 5.41 Å². The minimum Gasteiger partial charge on any atom is -0.378 e. The number of piperazine rings is 1. The largest absolute Gasteiger partial charge is 0.378 e. The molecule has 2 aliphatic rings. The van der Waals surface area contributed by atoms with Crippen molar-refractivity contribution in [3.05, 3.63) is 0 Å². The van der Waals surface area contributed by atoms with E-state index in [0.717, 1.165) is 6.54 Å². The summed E-state index contributed by atoms with van der Waals surface area (Å²) in [6, 6.07) is -0.228. The summed E-state index contributed by atoms with van der Waals surface area (Å²) in [6.07, 6.45) is 0. The Bertz CT molecular complexity index is 364. The third-order valence-electron chi connectivity index (χ3n) is 3.74. The number of carbonyl (C=O) groups is 2. The van der Waals surface area contributed by atoms with Gasteiger partial charge in [-0.25, -0.2) is 0 Å². The maximum atomic E-state index is 12.3. The van der Waals surface area contributed by atoms with Gasteiger partial charge in [0, 0.05) is 38.1 Å². The Morgan fingerprint density at radius 2 is 1.70 bits per heavy atom. The fourth-order valence-electron chi connectivity index (χ4n) is 2.55. The van der Waals surface area contributed by atoms with Crippen molar-refractivity contribution >= 4 is 11.8 Å². The number of hydrogen-bond acceptors (Lipinski definition) is 4. The zero-order chi connectivity index (χ0) is 14.8. The molecule has 2 heterocycles. The molecule has 0 aromatic rings. The molecule has 0 bridgehead atoms. The van der Waals surface area contributed by atoms with Crippen LogP contribution < -0.4 is 5.32 Å². The third kappa shape index (κ3) is 3.49. The summed E-state index contributed by atoms with van der Waals surface area (Å²) < 4.78 is 5.32. The van der Waals surface area contributed by atoms with Gasteiger partial charge in [-0.2, -0.15) is 0 Å². The fourth-order valence-corrected chi connectivity index (χ4v) is 2.55. The molecule has 1 unspecified atom stereocenters. The average Bonchev–Trinajstić information content (AvgIpc) is 2.46. The van der Waals surface area contributed by atoms with E-state index in [2.05, 4.69) is 5.32 Å². The van der Waals surface area contributed by atoms with E-state index in [4.69, 9.17) is 4.74 Å². The molecule has 2 rings (SSSR count). The van der Waals surface area contributed by atoms with Crippen LogP contribution in [0.1, 0.15) is 20.8 Å². The molecule has 1 N–H and O–H groups in total. The Labute approximate surface area is 120 Å². The highest BCUT2D eigenvalue weighted by Crippen LogP contribution is 2.18.